The molecule has 0 amide bonds. The molecule has 222 valence electrons. The monoisotopic (exact) mass is 597 g/mol. The summed E-state index contributed by atoms with van der Waals surface area (Å²) in [5, 5.41) is -0.346. The second kappa shape index (κ2) is 13.3. The molecular weight excluding hydrogens is 562 g/mol. The van der Waals surface area contributed by atoms with E-state index < -0.39 is 33.4 Å². The van der Waals surface area contributed by atoms with Crippen LogP contribution in [-0.4, -0.2) is 35.7 Å². The average Bonchev–Trinajstić information content (AvgIpc) is 3.02. The van der Waals surface area contributed by atoms with Crippen LogP contribution in [0.4, 0.5) is 5.69 Å². The van der Waals surface area contributed by atoms with Crippen LogP contribution in [0.5, 0.6) is 0 Å². The summed E-state index contributed by atoms with van der Waals surface area (Å²) < 4.78 is 34.4. The minimum atomic E-state index is -4.01. The first-order valence-corrected chi connectivity index (χ1v) is 16.0. The molecule has 1 aromatic heterocycles. The van der Waals surface area contributed by atoms with Crippen LogP contribution >= 0.6 is 0 Å². The van der Waals surface area contributed by atoms with Gasteiger partial charge in [0.25, 0.3) is 15.2 Å². The molecule has 0 radical (unpaired) electrons. The van der Waals surface area contributed by atoms with E-state index in [4.69, 9.17) is 4.74 Å². The van der Waals surface area contributed by atoms with Gasteiger partial charge in [-0.15, -0.1) is 0 Å². The van der Waals surface area contributed by atoms with Crippen molar-refractivity contribution in [2.45, 2.75) is 62.1 Å². The van der Waals surface area contributed by atoms with Gasteiger partial charge >= 0.3 is 5.97 Å². The van der Waals surface area contributed by atoms with E-state index >= 15 is 0 Å². The summed E-state index contributed by atoms with van der Waals surface area (Å²) in [6.45, 7) is 1.91. The Kier molecular flexibility index (Phi) is 9.31. The average molecular weight is 598 g/mol. The Morgan fingerprint density at radius 3 is 2.02 bits per heavy atom. The number of aromatic nitrogens is 2. The van der Waals surface area contributed by atoms with Crippen molar-refractivity contribution in [2.75, 3.05) is 4.72 Å². The van der Waals surface area contributed by atoms with Crippen LogP contribution in [0.1, 0.15) is 55.2 Å². The summed E-state index contributed by atoms with van der Waals surface area (Å²) in [6, 6.07) is 28.3. The van der Waals surface area contributed by atoms with E-state index in [-0.39, 0.29) is 17.4 Å². The number of anilines is 1. The zero-order chi connectivity index (χ0) is 30.3. The van der Waals surface area contributed by atoms with E-state index in [9.17, 15) is 18.0 Å². The predicted molar refractivity (Wildman–Crippen MR) is 164 cm³/mol. The number of carbonyl (C=O) groups is 2. The fourth-order valence-corrected chi connectivity index (χ4v) is 6.75. The molecule has 4 aromatic rings. The molecule has 0 spiro atoms. The first-order chi connectivity index (χ1) is 20.8. The molecule has 1 saturated heterocycles. The van der Waals surface area contributed by atoms with Crippen LogP contribution in [0.25, 0.3) is 0 Å². The minimum absolute atomic E-state index is 0.136. The zero-order valence-electron chi connectivity index (χ0n) is 24.1. The van der Waals surface area contributed by atoms with E-state index in [1.807, 2.05) is 67.6 Å². The van der Waals surface area contributed by atoms with Gasteiger partial charge in [0, 0.05) is 30.4 Å². The molecular formula is C34H35N3O5S. The molecule has 3 aromatic carbocycles. The lowest BCUT2D eigenvalue weighted by Gasteiger charge is -2.41. The summed E-state index contributed by atoms with van der Waals surface area (Å²) in [4.78, 5) is 35.3. The lowest BCUT2D eigenvalue weighted by atomic mass is 9.74. The highest BCUT2D eigenvalue weighted by molar-refractivity contribution is 7.92. The van der Waals surface area contributed by atoms with Crippen molar-refractivity contribution in [3.63, 3.8) is 0 Å². The van der Waals surface area contributed by atoms with Gasteiger partial charge in [0.05, 0.1) is 0 Å². The first kappa shape index (κ1) is 30.1. The Morgan fingerprint density at radius 1 is 0.860 bits per heavy atom. The molecule has 1 aliphatic rings. The maximum absolute atomic E-state index is 13.9. The SMILES string of the molecule is CCC(c1cccc(NS(=O)(=O)c2ncccn2)c1)C1C(=O)CC(CCc2ccccc2)(CCc2ccccc2)OC1=O. The van der Waals surface area contributed by atoms with Gasteiger partial charge in [-0.3, -0.25) is 14.3 Å². The smallest absolute Gasteiger partial charge is 0.317 e. The second-order valence-corrected chi connectivity index (χ2v) is 12.5. The highest BCUT2D eigenvalue weighted by Gasteiger charge is 2.49. The maximum atomic E-state index is 13.9. The molecule has 2 atom stereocenters. The van der Waals surface area contributed by atoms with E-state index in [1.54, 1.807) is 24.3 Å². The van der Waals surface area contributed by atoms with Crippen molar-refractivity contribution in [3.05, 3.63) is 120 Å². The summed E-state index contributed by atoms with van der Waals surface area (Å²) in [5.41, 5.74) is 2.31. The number of nitrogens with zero attached hydrogens (tertiary/aromatic N) is 2. The zero-order valence-corrected chi connectivity index (χ0v) is 24.9. The summed E-state index contributed by atoms with van der Waals surface area (Å²) >= 11 is 0. The summed E-state index contributed by atoms with van der Waals surface area (Å²) in [7, 11) is -4.01. The van der Waals surface area contributed by atoms with Crippen LogP contribution in [0, 0.1) is 5.92 Å². The molecule has 2 unspecified atom stereocenters. The van der Waals surface area contributed by atoms with Gasteiger partial charge in [0.2, 0.25) is 0 Å². The summed E-state index contributed by atoms with van der Waals surface area (Å²) in [5.74, 6) is -2.12. The van der Waals surface area contributed by atoms with Crippen LogP contribution in [-0.2, 0) is 37.2 Å². The Labute approximate surface area is 252 Å². The molecule has 0 bridgehead atoms. The minimum Gasteiger partial charge on any atom is -0.458 e. The highest BCUT2D eigenvalue weighted by atomic mass is 32.2. The number of hydrogen-bond acceptors (Lipinski definition) is 7. The number of carbonyl (C=O) groups excluding carboxylic acids is 2. The van der Waals surface area contributed by atoms with Crippen molar-refractivity contribution < 1.29 is 22.7 Å². The number of esters is 1. The van der Waals surface area contributed by atoms with Gasteiger partial charge in [-0.1, -0.05) is 79.7 Å². The van der Waals surface area contributed by atoms with E-state index in [2.05, 4.69) is 14.7 Å². The van der Waals surface area contributed by atoms with Crippen LogP contribution in [0.3, 0.4) is 0 Å². The van der Waals surface area contributed by atoms with Gasteiger partial charge in [0.1, 0.15) is 11.5 Å². The van der Waals surface area contributed by atoms with Crippen molar-refractivity contribution in [2.24, 2.45) is 5.92 Å². The van der Waals surface area contributed by atoms with Crippen LogP contribution in [0.15, 0.2) is 109 Å². The Bertz CT molecular complexity index is 1580. The molecule has 1 N–H and O–H groups in total. The number of ether oxygens (including phenoxy) is 1. The second-order valence-electron chi connectivity index (χ2n) is 11.0. The number of nitrogens with one attached hydrogen (secondary N) is 1. The molecule has 1 fully saturated rings. The molecule has 0 aliphatic carbocycles. The Hall–Kier alpha value is -4.37. The predicted octanol–water partition coefficient (Wildman–Crippen LogP) is 5.91. The number of Topliss-reactive ketones (excluding diaryl/α,β-unsaturated/α-hetero) is 1. The summed E-state index contributed by atoms with van der Waals surface area (Å²) in [6.07, 6.45) is 5.79. The molecule has 1 aliphatic heterocycles. The van der Waals surface area contributed by atoms with Crippen molar-refractivity contribution in [3.8, 4) is 0 Å². The number of sulfonamides is 1. The number of benzene rings is 3. The topological polar surface area (TPSA) is 115 Å². The normalized spacial score (nSPS) is 17.2. The Morgan fingerprint density at radius 2 is 1.47 bits per heavy atom. The van der Waals surface area contributed by atoms with Gasteiger partial charge < -0.3 is 4.74 Å². The fourth-order valence-electron chi connectivity index (χ4n) is 5.82. The van der Waals surface area contributed by atoms with Crippen LogP contribution in [0.2, 0.25) is 0 Å². The number of cyclic esters (lactones) is 1. The van der Waals surface area contributed by atoms with E-state index in [1.165, 1.54) is 18.5 Å². The third-order valence-electron chi connectivity index (χ3n) is 8.03. The molecule has 2 heterocycles. The number of ketones is 1. The molecule has 9 heteroatoms. The lowest BCUT2D eigenvalue weighted by molar-refractivity contribution is -0.180. The third kappa shape index (κ3) is 7.35. The molecule has 0 saturated carbocycles. The van der Waals surface area contributed by atoms with Gasteiger partial charge in [-0.05, 0) is 67.0 Å². The quantitative estimate of drug-likeness (QED) is 0.123. The van der Waals surface area contributed by atoms with Gasteiger partial charge in [-0.25, -0.2) is 9.97 Å². The highest BCUT2D eigenvalue weighted by Crippen LogP contribution is 2.41. The molecule has 43 heavy (non-hydrogen) atoms. The van der Waals surface area contributed by atoms with E-state index in [0.717, 1.165) is 11.1 Å². The lowest BCUT2D eigenvalue weighted by Crippen LogP contribution is -2.49. The maximum Gasteiger partial charge on any atom is 0.317 e. The van der Waals surface area contributed by atoms with Crippen molar-refractivity contribution in [1.29, 1.82) is 0 Å². The Balaban J connectivity index is 1.36. The van der Waals surface area contributed by atoms with Crippen molar-refractivity contribution in [1.82, 2.24) is 9.97 Å². The van der Waals surface area contributed by atoms with Gasteiger partial charge in [-0.2, -0.15) is 8.42 Å². The standard InChI is InChI=1S/C34H35N3O5S/c1-2-29(27-15-9-16-28(23-27)37-43(40,41)33-35-21-10-22-36-33)31-30(38)24-34(42-32(31)39,19-17-25-11-5-3-6-12-25)20-18-26-13-7-4-8-14-26/h3-16,21-23,29,31,37H,2,17-20,24H2,1H3. The molecule has 8 nitrogen and oxygen atoms in total. The van der Waals surface area contributed by atoms with Gasteiger partial charge in [0.15, 0.2) is 5.78 Å². The van der Waals surface area contributed by atoms with Crippen LogP contribution < -0.4 is 4.72 Å². The number of rotatable bonds is 12. The van der Waals surface area contributed by atoms with Crippen molar-refractivity contribution >= 4 is 27.5 Å². The number of hydrogen-bond donors (Lipinski definition) is 1. The largest absolute Gasteiger partial charge is 0.458 e. The first-order valence-electron chi connectivity index (χ1n) is 14.5. The van der Waals surface area contributed by atoms with E-state index in [0.29, 0.717) is 43.4 Å². The number of aryl methyl sites for hydroxylation is 2. The fraction of sp³-hybridized carbons (Fsp3) is 0.294. The molecule has 5 rings (SSSR count). The third-order valence-corrected chi connectivity index (χ3v) is 9.23.